The SMILES string of the molecule is CNc1c(C#N)cnc2c(CCOC)cccc12. The van der Waals surface area contributed by atoms with E-state index in [4.69, 9.17) is 10.00 Å². The number of anilines is 1. The zero-order valence-electron chi connectivity index (χ0n) is 10.5. The molecule has 2 rings (SSSR count). The van der Waals surface area contributed by atoms with Crippen LogP contribution in [-0.2, 0) is 11.2 Å². The lowest BCUT2D eigenvalue weighted by atomic mass is 10.0. The maximum atomic E-state index is 9.07. The van der Waals surface area contributed by atoms with Gasteiger partial charge in [0.15, 0.2) is 0 Å². The first kappa shape index (κ1) is 12.3. The fourth-order valence-electron chi connectivity index (χ4n) is 2.05. The molecule has 0 fully saturated rings. The van der Waals surface area contributed by atoms with E-state index in [9.17, 15) is 0 Å². The average Bonchev–Trinajstić information content (AvgIpc) is 2.43. The van der Waals surface area contributed by atoms with E-state index < -0.39 is 0 Å². The predicted octanol–water partition coefficient (Wildman–Crippen LogP) is 2.34. The minimum Gasteiger partial charge on any atom is -0.386 e. The number of ether oxygens (including phenoxy) is 1. The molecule has 0 saturated carbocycles. The van der Waals surface area contributed by atoms with Crippen molar-refractivity contribution >= 4 is 16.6 Å². The number of hydrogen-bond acceptors (Lipinski definition) is 4. The highest BCUT2D eigenvalue weighted by Gasteiger charge is 2.09. The van der Waals surface area contributed by atoms with Crippen LogP contribution >= 0.6 is 0 Å². The smallest absolute Gasteiger partial charge is 0.103 e. The van der Waals surface area contributed by atoms with E-state index >= 15 is 0 Å². The van der Waals surface area contributed by atoms with Gasteiger partial charge in [-0.2, -0.15) is 5.26 Å². The number of methoxy groups -OCH3 is 1. The van der Waals surface area contributed by atoms with Gasteiger partial charge in [-0.15, -0.1) is 0 Å². The summed E-state index contributed by atoms with van der Waals surface area (Å²) in [5.41, 5.74) is 3.46. The van der Waals surface area contributed by atoms with E-state index in [0.29, 0.717) is 12.2 Å². The minimum absolute atomic E-state index is 0.564. The molecule has 0 bridgehead atoms. The van der Waals surface area contributed by atoms with E-state index in [2.05, 4.69) is 16.4 Å². The van der Waals surface area contributed by atoms with Crippen LogP contribution in [0.15, 0.2) is 24.4 Å². The van der Waals surface area contributed by atoms with Crippen LogP contribution in [0.25, 0.3) is 10.9 Å². The monoisotopic (exact) mass is 241 g/mol. The van der Waals surface area contributed by atoms with Crippen LogP contribution in [0.1, 0.15) is 11.1 Å². The molecule has 0 saturated heterocycles. The molecule has 1 aromatic carbocycles. The molecule has 1 heterocycles. The molecule has 2 aromatic rings. The van der Waals surface area contributed by atoms with Gasteiger partial charge in [-0.25, -0.2) is 0 Å². The largest absolute Gasteiger partial charge is 0.386 e. The molecule has 0 aliphatic heterocycles. The summed E-state index contributed by atoms with van der Waals surface area (Å²) in [7, 11) is 3.50. The van der Waals surface area contributed by atoms with E-state index in [1.54, 1.807) is 13.3 Å². The van der Waals surface area contributed by atoms with Crippen LogP contribution in [0.3, 0.4) is 0 Å². The lowest BCUT2D eigenvalue weighted by Gasteiger charge is -2.10. The number of benzene rings is 1. The van der Waals surface area contributed by atoms with E-state index in [1.165, 1.54) is 0 Å². The number of aromatic nitrogens is 1. The second-order valence-electron chi connectivity index (χ2n) is 3.96. The lowest BCUT2D eigenvalue weighted by molar-refractivity contribution is 0.202. The molecular weight excluding hydrogens is 226 g/mol. The molecule has 0 unspecified atom stereocenters. The van der Waals surface area contributed by atoms with Crippen molar-refractivity contribution in [3.63, 3.8) is 0 Å². The number of pyridine rings is 1. The predicted molar refractivity (Wildman–Crippen MR) is 71.6 cm³/mol. The standard InChI is InChI=1S/C14H15N3O/c1-16-13-11(8-15)9-17-14-10(6-7-18-2)4-3-5-12(13)14/h3-5,9H,6-7H2,1-2H3,(H,16,17). The Bertz CT molecular complexity index is 602. The van der Waals surface area contributed by atoms with Crippen molar-refractivity contribution in [2.75, 3.05) is 26.1 Å². The summed E-state index contributed by atoms with van der Waals surface area (Å²) in [6.07, 6.45) is 2.43. The van der Waals surface area contributed by atoms with Gasteiger partial charge in [-0.3, -0.25) is 4.98 Å². The van der Waals surface area contributed by atoms with Crippen LogP contribution in [0.2, 0.25) is 0 Å². The molecule has 0 aliphatic rings. The van der Waals surface area contributed by atoms with Gasteiger partial charge in [0.25, 0.3) is 0 Å². The number of fused-ring (bicyclic) bond motifs is 1. The Morgan fingerprint density at radius 1 is 1.44 bits per heavy atom. The summed E-state index contributed by atoms with van der Waals surface area (Å²) in [4.78, 5) is 4.40. The summed E-state index contributed by atoms with van der Waals surface area (Å²) in [6, 6.07) is 8.15. The Morgan fingerprint density at radius 3 is 2.94 bits per heavy atom. The summed E-state index contributed by atoms with van der Waals surface area (Å²) >= 11 is 0. The normalized spacial score (nSPS) is 10.3. The lowest BCUT2D eigenvalue weighted by Crippen LogP contribution is -2.00. The first-order valence-corrected chi connectivity index (χ1v) is 5.79. The molecule has 4 heteroatoms. The maximum Gasteiger partial charge on any atom is 0.103 e. The Morgan fingerprint density at radius 2 is 2.28 bits per heavy atom. The van der Waals surface area contributed by atoms with Crippen molar-refractivity contribution in [3.8, 4) is 6.07 Å². The van der Waals surface area contributed by atoms with Gasteiger partial charge >= 0.3 is 0 Å². The van der Waals surface area contributed by atoms with Gasteiger partial charge in [0, 0.05) is 25.7 Å². The summed E-state index contributed by atoms with van der Waals surface area (Å²) < 4.78 is 5.10. The molecular formula is C14H15N3O. The molecule has 4 nitrogen and oxygen atoms in total. The zero-order chi connectivity index (χ0) is 13.0. The molecule has 0 aliphatic carbocycles. The first-order valence-electron chi connectivity index (χ1n) is 5.79. The van der Waals surface area contributed by atoms with Gasteiger partial charge in [0.05, 0.1) is 23.4 Å². The van der Waals surface area contributed by atoms with Crippen LogP contribution in [-0.4, -0.2) is 25.7 Å². The summed E-state index contributed by atoms with van der Waals surface area (Å²) in [5.74, 6) is 0. The van der Waals surface area contributed by atoms with Crippen LogP contribution in [0.5, 0.6) is 0 Å². The van der Waals surface area contributed by atoms with Gasteiger partial charge < -0.3 is 10.1 Å². The zero-order valence-corrected chi connectivity index (χ0v) is 10.5. The number of para-hydroxylation sites is 1. The van der Waals surface area contributed by atoms with Crippen molar-refractivity contribution in [1.29, 1.82) is 5.26 Å². The Hall–Kier alpha value is -2.12. The first-order chi connectivity index (χ1) is 8.81. The van der Waals surface area contributed by atoms with Crippen molar-refractivity contribution in [2.24, 2.45) is 0 Å². The molecule has 0 amide bonds. The second-order valence-corrected chi connectivity index (χ2v) is 3.96. The molecule has 0 atom stereocenters. The topological polar surface area (TPSA) is 57.9 Å². The molecule has 0 spiro atoms. The number of nitriles is 1. The number of nitrogens with zero attached hydrogens (tertiary/aromatic N) is 2. The van der Waals surface area contributed by atoms with Crippen molar-refractivity contribution in [2.45, 2.75) is 6.42 Å². The van der Waals surface area contributed by atoms with E-state index in [1.807, 2.05) is 25.2 Å². The van der Waals surface area contributed by atoms with Crippen LogP contribution < -0.4 is 5.32 Å². The van der Waals surface area contributed by atoms with Crippen molar-refractivity contribution in [1.82, 2.24) is 4.98 Å². The van der Waals surface area contributed by atoms with Gasteiger partial charge in [-0.05, 0) is 12.0 Å². The van der Waals surface area contributed by atoms with Gasteiger partial charge in [0.2, 0.25) is 0 Å². The third kappa shape index (κ3) is 2.13. The van der Waals surface area contributed by atoms with Crippen molar-refractivity contribution in [3.05, 3.63) is 35.5 Å². The molecule has 92 valence electrons. The van der Waals surface area contributed by atoms with Gasteiger partial charge in [-0.1, -0.05) is 18.2 Å². The second kappa shape index (κ2) is 5.48. The Labute approximate surface area is 106 Å². The highest BCUT2D eigenvalue weighted by Crippen LogP contribution is 2.27. The number of hydrogen-bond donors (Lipinski definition) is 1. The Kier molecular flexibility index (Phi) is 3.75. The van der Waals surface area contributed by atoms with Crippen LogP contribution in [0, 0.1) is 11.3 Å². The average molecular weight is 241 g/mol. The van der Waals surface area contributed by atoms with Crippen molar-refractivity contribution < 1.29 is 4.74 Å². The quantitative estimate of drug-likeness (QED) is 0.892. The maximum absolute atomic E-state index is 9.07. The van der Waals surface area contributed by atoms with Gasteiger partial charge in [0.1, 0.15) is 6.07 Å². The Balaban J connectivity index is 2.62. The summed E-state index contributed by atoms with van der Waals surface area (Å²) in [5, 5.41) is 13.1. The van der Waals surface area contributed by atoms with E-state index in [0.717, 1.165) is 28.6 Å². The third-order valence-corrected chi connectivity index (χ3v) is 2.93. The fraction of sp³-hybridized carbons (Fsp3) is 0.286. The fourth-order valence-corrected chi connectivity index (χ4v) is 2.05. The third-order valence-electron chi connectivity index (χ3n) is 2.93. The highest BCUT2D eigenvalue weighted by molar-refractivity contribution is 5.95. The van der Waals surface area contributed by atoms with Crippen LogP contribution in [0.4, 0.5) is 5.69 Å². The molecule has 1 aromatic heterocycles. The van der Waals surface area contributed by atoms with E-state index in [-0.39, 0.29) is 0 Å². The molecule has 1 N–H and O–H groups in total. The molecule has 0 radical (unpaired) electrons. The summed E-state index contributed by atoms with van der Waals surface area (Å²) in [6.45, 7) is 0.662. The molecule has 18 heavy (non-hydrogen) atoms. The highest BCUT2D eigenvalue weighted by atomic mass is 16.5. The minimum atomic E-state index is 0.564. The number of rotatable bonds is 4. The number of nitrogens with one attached hydrogen (secondary N) is 1.